The minimum Gasteiger partial charge on any atom is -0.494 e. The number of ether oxygens (including phenoxy) is 1. The van der Waals surface area contributed by atoms with E-state index in [1.165, 1.54) is 27.9 Å². The van der Waals surface area contributed by atoms with E-state index in [4.69, 9.17) is 4.74 Å². The van der Waals surface area contributed by atoms with Crippen LogP contribution in [-0.2, 0) is 26.2 Å². The van der Waals surface area contributed by atoms with E-state index in [-0.39, 0.29) is 6.42 Å². The molecule has 0 amide bonds. The first-order chi connectivity index (χ1) is 18.5. The summed E-state index contributed by atoms with van der Waals surface area (Å²) >= 11 is 0. The summed E-state index contributed by atoms with van der Waals surface area (Å²) in [7, 11) is 0. The van der Waals surface area contributed by atoms with Crippen LogP contribution in [0, 0.1) is 0 Å². The Kier molecular flexibility index (Phi) is 10.5. The largest absolute Gasteiger partial charge is 0.494 e. The Morgan fingerprint density at radius 3 is 1.76 bits per heavy atom. The standard InChI is InChI=1S/C32H39F3N2O/c33-32(34,35)20-8-4-2-1-3-5-9-21-38-31-18-14-27(15-19-31)23-36-22-26-12-16-30(17-13-26)37-24-28-10-6-7-11-29(28)25-37/h6-7,10-19,36H,1-5,8-9,20-25H2. The summed E-state index contributed by atoms with van der Waals surface area (Å²) in [4.78, 5) is 2.41. The number of halogens is 3. The van der Waals surface area contributed by atoms with Crippen molar-refractivity contribution >= 4 is 5.69 Å². The van der Waals surface area contributed by atoms with Crippen LogP contribution in [0.1, 0.15) is 73.6 Å². The zero-order valence-electron chi connectivity index (χ0n) is 22.1. The van der Waals surface area contributed by atoms with Crippen molar-refractivity contribution in [1.29, 1.82) is 0 Å². The van der Waals surface area contributed by atoms with E-state index >= 15 is 0 Å². The molecule has 0 aliphatic carbocycles. The number of hydrogen-bond donors (Lipinski definition) is 1. The second kappa shape index (κ2) is 14.2. The predicted molar refractivity (Wildman–Crippen MR) is 148 cm³/mol. The molecular weight excluding hydrogens is 485 g/mol. The summed E-state index contributed by atoms with van der Waals surface area (Å²) in [6.07, 6.45) is 1.19. The van der Waals surface area contributed by atoms with Crippen LogP contribution >= 0.6 is 0 Å². The fraction of sp³-hybridized carbons (Fsp3) is 0.438. The molecule has 0 spiro atoms. The summed E-state index contributed by atoms with van der Waals surface area (Å²) in [6, 6.07) is 25.7. The van der Waals surface area contributed by atoms with Crippen molar-refractivity contribution in [3.05, 3.63) is 95.1 Å². The van der Waals surface area contributed by atoms with Gasteiger partial charge in [-0.25, -0.2) is 0 Å². The molecule has 0 saturated carbocycles. The highest BCUT2D eigenvalue weighted by Gasteiger charge is 2.25. The number of rotatable bonds is 15. The Morgan fingerprint density at radius 2 is 1.18 bits per heavy atom. The van der Waals surface area contributed by atoms with Gasteiger partial charge in [0.25, 0.3) is 0 Å². The maximum atomic E-state index is 12.1. The van der Waals surface area contributed by atoms with E-state index in [1.807, 2.05) is 12.1 Å². The van der Waals surface area contributed by atoms with Crippen molar-refractivity contribution < 1.29 is 17.9 Å². The maximum absolute atomic E-state index is 12.1. The highest BCUT2D eigenvalue weighted by Crippen LogP contribution is 2.28. The third-order valence-corrected chi connectivity index (χ3v) is 7.10. The van der Waals surface area contributed by atoms with Crippen LogP contribution in [0.25, 0.3) is 0 Å². The van der Waals surface area contributed by atoms with Crippen LogP contribution in [0.15, 0.2) is 72.8 Å². The predicted octanol–water partition coefficient (Wildman–Crippen LogP) is 8.56. The average Bonchev–Trinajstić information content (AvgIpc) is 3.35. The molecule has 3 aromatic rings. The number of nitrogens with one attached hydrogen (secondary N) is 1. The van der Waals surface area contributed by atoms with Gasteiger partial charge >= 0.3 is 6.18 Å². The number of fused-ring (bicyclic) bond motifs is 1. The summed E-state index contributed by atoms with van der Waals surface area (Å²) in [5.41, 5.74) is 6.59. The Balaban J connectivity index is 1.05. The van der Waals surface area contributed by atoms with E-state index in [0.29, 0.717) is 13.0 Å². The van der Waals surface area contributed by atoms with Crippen LogP contribution in [-0.4, -0.2) is 12.8 Å². The van der Waals surface area contributed by atoms with Gasteiger partial charge in [-0.05, 0) is 59.4 Å². The molecule has 0 radical (unpaired) electrons. The van der Waals surface area contributed by atoms with Crippen molar-refractivity contribution in [3.63, 3.8) is 0 Å². The number of unbranched alkanes of at least 4 members (excludes halogenated alkanes) is 6. The zero-order valence-corrected chi connectivity index (χ0v) is 22.1. The van der Waals surface area contributed by atoms with Crippen LogP contribution in [0.4, 0.5) is 18.9 Å². The lowest BCUT2D eigenvalue weighted by Gasteiger charge is -2.18. The third-order valence-electron chi connectivity index (χ3n) is 7.10. The third kappa shape index (κ3) is 9.39. The molecule has 38 heavy (non-hydrogen) atoms. The Labute approximate surface area is 225 Å². The molecule has 1 aliphatic rings. The lowest BCUT2D eigenvalue weighted by molar-refractivity contribution is -0.135. The quantitative estimate of drug-likeness (QED) is 0.202. The molecule has 0 saturated heterocycles. The second-order valence-corrected chi connectivity index (χ2v) is 10.2. The lowest BCUT2D eigenvalue weighted by atomic mass is 10.1. The van der Waals surface area contributed by atoms with Crippen molar-refractivity contribution in [2.24, 2.45) is 0 Å². The van der Waals surface area contributed by atoms with E-state index in [2.05, 4.69) is 70.9 Å². The SMILES string of the molecule is FC(F)(F)CCCCCCCCCOc1ccc(CNCc2ccc(N3Cc4ccccc4C3)cc2)cc1. The second-order valence-electron chi connectivity index (χ2n) is 10.2. The molecule has 1 N–H and O–H groups in total. The summed E-state index contributed by atoms with van der Waals surface area (Å²) in [5, 5.41) is 3.52. The van der Waals surface area contributed by atoms with Gasteiger partial charge in [0.15, 0.2) is 0 Å². The topological polar surface area (TPSA) is 24.5 Å². The number of alkyl halides is 3. The minimum absolute atomic E-state index is 0.250. The Bertz CT molecular complexity index is 1070. The fourth-order valence-electron chi connectivity index (χ4n) is 4.90. The maximum Gasteiger partial charge on any atom is 0.389 e. The zero-order chi connectivity index (χ0) is 26.6. The van der Waals surface area contributed by atoms with Gasteiger partial charge in [0, 0.05) is 38.3 Å². The number of benzene rings is 3. The first-order valence-corrected chi connectivity index (χ1v) is 13.9. The fourth-order valence-corrected chi connectivity index (χ4v) is 4.90. The van der Waals surface area contributed by atoms with Crippen molar-refractivity contribution in [1.82, 2.24) is 5.32 Å². The van der Waals surface area contributed by atoms with E-state index in [0.717, 1.165) is 64.0 Å². The van der Waals surface area contributed by atoms with Crippen LogP contribution in [0.3, 0.4) is 0 Å². The molecule has 0 aromatic heterocycles. The molecule has 4 rings (SSSR count). The molecule has 1 aliphatic heterocycles. The van der Waals surface area contributed by atoms with Gasteiger partial charge in [0.2, 0.25) is 0 Å². The van der Waals surface area contributed by atoms with Crippen LogP contribution in [0.5, 0.6) is 5.75 Å². The molecule has 3 nitrogen and oxygen atoms in total. The first-order valence-electron chi connectivity index (χ1n) is 13.9. The number of hydrogen-bond acceptors (Lipinski definition) is 3. The van der Waals surface area contributed by atoms with Gasteiger partial charge in [-0.15, -0.1) is 0 Å². The van der Waals surface area contributed by atoms with Gasteiger partial charge in [-0.3, -0.25) is 0 Å². The molecule has 204 valence electrons. The van der Waals surface area contributed by atoms with E-state index in [9.17, 15) is 13.2 Å². The smallest absolute Gasteiger partial charge is 0.389 e. The highest BCUT2D eigenvalue weighted by atomic mass is 19.4. The highest BCUT2D eigenvalue weighted by molar-refractivity contribution is 5.52. The molecule has 6 heteroatoms. The summed E-state index contributed by atoms with van der Waals surface area (Å²) in [6.45, 7) is 4.24. The van der Waals surface area contributed by atoms with Crippen LogP contribution in [0.2, 0.25) is 0 Å². The molecule has 0 bridgehead atoms. The van der Waals surface area contributed by atoms with Gasteiger partial charge in [0.1, 0.15) is 5.75 Å². The number of anilines is 1. The summed E-state index contributed by atoms with van der Waals surface area (Å²) in [5.74, 6) is 0.876. The first kappa shape index (κ1) is 28.0. The molecule has 3 aromatic carbocycles. The van der Waals surface area contributed by atoms with Crippen molar-refractivity contribution in [2.75, 3.05) is 11.5 Å². The van der Waals surface area contributed by atoms with Gasteiger partial charge < -0.3 is 15.0 Å². The van der Waals surface area contributed by atoms with Crippen molar-refractivity contribution in [3.8, 4) is 5.75 Å². The molecule has 0 atom stereocenters. The number of nitrogens with zero attached hydrogens (tertiary/aromatic N) is 1. The van der Waals surface area contributed by atoms with Crippen molar-refractivity contribution in [2.45, 2.75) is 83.7 Å². The van der Waals surface area contributed by atoms with E-state index < -0.39 is 12.6 Å². The van der Waals surface area contributed by atoms with Gasteiger partial charge in [0.05, 0.1) is 6.61 Å². The Hall–Kier alpha value is -2.99. The molecule has 1 heterocycles. The lowest BCUT2D eigenvalue weighted by Crippen LogP contribution is -2.15. The molecular formula is C32H39F3N2O. The minimum atomic E-state index is -4.01. The van der Waals surface area contributed by atoms with E-state index in [1.54, 1.807) is 0 Å². The Morgan fingerprint density at radius 1 is 0.658 bits per heavy atom. The van der Waals surface area contributed by atoms with Crippen LogP contribution < -0.4 is 15.0 Å². The van der Waals surface area contributed by atoms with Gasteiger partial charge in [-0.1, -0.05) is 80.6 Å². The molecule has 0 fully saturated rings. The monoisotopic (exact) mass is 524 g/mol. The average molecular weight is 525 g/mol. The molecule has 0 unspecified atom stereocenters. The normalized spacial score (nSPS) is 13.1. The van der Waals surface area contributed by atoms with Gasteiger partial charge in [-0.2, -0.15) is 13.2 Å². The summed E-state index contributed by atoms with van der Waals surface area (Å²) < 4.78 is 42.2.